The second kappa shape index (κ2) is 11.4. The fourth-order valence-electron chi connectivity index (χ4n) is 8.09. The monoisotopic (exact) mass is 649 g/mol. The summed E-state index contributed by atoms with van der Waals surface area (Å²) in [6, 6.07) is 61.3. The number of fused-ring (bicyclic) bond motifs is 10. The van der Waals surface area contributed by atoms with E-state index in [9.17, 15) is 0 Å². The molecule has 10 aromatic rings. The summed E-state index contributed by atoms with van der Waals surface area (Å²) in [7, 11) is 0. The second-order valence-corrected chi connectivity index (χ2v) is 13.2. The van der Waals surface area contributed by atoms with E-state index in [2.05, 4.69) is 168 Å². The zero-order chi connectivity index (χ0) is 34.1. The number of nitrogens with zero attached hydrogens (tertiary/aromatic N) is 2. The molecule has 0 saturated heterocycles. The molecule has 238 valence electrons. The van der Waals surface area contributed by atoms with Crippen molar-refractivity contribution >= 4 is 77.4 Å². The minimum atomic E-state index is 0.176. The van der Waals surface area contributed by atoms with E-state index >= 15 is 0 Å². The van der Waals surface area contributed by atoms with E-state index in [4.69, 9.17) is 5.41 Å². The fourth-order valence-corrected chi connectivity index (χ4v) is 8.09. The van der Waals surface area contributed by atoms with Crippen LogP contribution >= 0.6 is 0 Å². The van der Waals surface area contributed by atoms with Crippen LogP contribution < -0.4 is 0 Å². The Balaban J connectivity index is 1.24. The lowest BCUT2D eigenvalue weighted by molar-refractivity contribution is 1.19. The number of para-hydroxylation sites is 1. The third kappa shape index (κ3) is 4.52. The van der Waals surface area contributed by atoms with Gasteiger partial charge >= 0.3 is 0 Å². The topological polar surface area (TPSA) is 41.1 Å². The molecule has 51 heavy (non-hydrogen) atoms. The summed E-state index contributed by atoms with van der Waals surface area (Å²) < 4.78 is 2.42. The van der Waals surface area contributed by atoms with Gasteiger partial charge in [0, 0.05) is 22.0 Å². The molecular weight excluding hydrogens is 619 g/mol. The molecule has 0 fully saturated rings. The highest BCUT2D eigenvalue weighted by Gasteiger charge is 2.17. The molecule has 0 atom stereocenters. The highest BCUT2D eigenvalue weighted by molar-refractivity contribution is 6.29. The quantitative estimate of drug-likeness (QED) is 0.112. The molecule has 0 aliphatic heterocycles. The summed E-state index contributed by atoms with van der Waals surface area (Å²) in [5.74, 6) is 0.176. The van der Waals surface area contributed by atoms with Crippen LogP contribution in [0.5, 0.6) is 0 Å². The van der Waals surface area contributed by atoms with Crippen LogP contribution in [-0.4, -0.2) is 17.1 Å². The van der Waals surface area contributed by atoms with Crippen LogP contribution in [0, 0.1) is 5.41 Å². The molecule has 1 heterocycles. The lowest BCUT2D eigenvalue weighted by Gasteiger charge is -2.16. The molecule has 10 rings (SSSR count). The molecule has 0 saturated carbocycles. The number of aromatic nitrogens is 1. The maximum atomic E-state index is 8.22. The van der Waals surface area contributed by atoms with E-state index < -0.39 is 0 Å². The first-order valence-corrected chi connectivity index (χ1v) is 17.2. The van der Waals surface area contributed by atoms with E-state index in [1.807, 2.05) is 18.2 Å². The zero-order valence-electron chi connectivity index (χ0n) is 27.8. The van der Waals surface area contributed by atoms with Gasteiger partial charge in [-0.1, -0.05) is 133 Å². The van der Waals surface area contributed by atoms with E-state index in [1.54, 1.807) is 0 Å². The number of amidine groups is 1. The normalized spacial score (nSPS) is 11.7. The van der Waals surface area contributed by atoms with Crippen LogP contribution in [-0.2, 0) is 0 Å². The van der Waals surface area contributed by atoms with Crippen LogP contribution in [0.15, 0.2) is 175 Å². The molecule has 0 amide bonds. The van der Waals surface area contributed by atoms with Gasteiger partial charge in [-0.3, -0.25) is 5.41 Å². The molecule has 0 radical (unpaired) electrons. The molecular formula is C48H31N3. The zero-order valence-corrected chi connectivity index (χ0v) is 27.8. The van der Waals surface area contributed by atoms with Gasteiger partial charge in [-0.05, 0) is 108 Å². The number of hydrogen-bond donors (Lipinski definition) is 1. The highest BCUT2D eigenvalue weighted by Crippen LogP contribution is 2.43. The summed E-state index contributed by atoms with van der Waals surface area (Å²) in [6.07, 6.45) is 0. The van der Waals surface area contributed by atoms with Crippen molar-refractivity contribution in [2.24, 2.45) is 4.99 Å². The molecule has 3 heteroatoms. The highest BCUT2D eigenvalue weighted by atomic mass is 15.0. The lowest BCUT2D eigenvalue weighted by atomic mass is 9.88. The Morgan fingerprint density at radius 1 is 0.451 bits per heavy atom. The number of aliphatic imine (C=N–C) groups is 1. The van der Waals surface area contributed by atoms with Gasteiger partial charge in [-0.2, -0.15) is 0 Å². The first-order valence-electron chi connectivity index (χ1n) is 17.2. The Morgan fingerprint density at radius 3 is 1.96 bits per heavy atom. The third-order valence-corrected chi connectivity index (χ3v) is 10.5. The molecule has 1 N–H and O–H groups in total. The Hall–Kier alpha value is -6.84. The van der Waals surface area contributed by atoms with Crippen molar-refractivity contribution in [3.05, 3.63) is 175 Å². The predicted octanol–water partition coefficient (Wildman–Crippen LogP) is 12.8. The summed E-state index contributed by atoms with van der Waals surface area (Å²) in [6.45, 7) is 3.56. The Morgan fingerprint density at radius 2 is 1.10 bits per heavy atom. The van der Waals surface area contributed by atoms with Crippen LogP contribution in [0.3, 0.4) is 0 Å². The van der Waals surface area contributed by atoms with Crippen molar-refractivity contribution in [1.29, 1.82) is 5.41 Å². The van der Waals surface area contributed by atoms with Crippen LogP contribution in [0.25, 0.3) is 92.8 Å². The van der Waals surface area contributed by atoms with Gasteiger partial charge in [0.2, 0.25) is 0 Å². The molecule has 0 aliphatic carbocycles. The Kier molecular flexibility index (Phi) is 6.49. The van der Waals surface area contributed by atoms with Crippen molar-refractivity contribution < 1.29 is 0 Å². The van der Waals surface area contributed by atoms with Crippen molar-refractivity contribution in [1.82, 2.24) is 4.57 Å². The maximum absolute atomic E-state index is 8.22. The Labute approximate surface area is 294 Å². The van der Waals surface area contributed by atoms with Gasteiger partial charge in [0.1, 0.15) is 0 Å². The van der Waals surface area contributed by atoms with Crippen LogP contribution in [0.2, 0.25) is 0 Å². The predicted molar refractivity (Wildman–Crippen MR) is 218 cm³/mol. The molecule has 1 aromatic heterocycles. The smallest absolute Gasteiger partial charge is 0.151 e. The van der Waals surface area contributed by atoms with Crippen molar-refractivity contribution in [3.63, 3.8) is 0 Å². The minimum Gasteiger partial charge on any atom is -0.309 e. The van der Waals surface area contributed by atoms with Crippen molar-refractivity contribution in [2.45, 2.75) is 0 Å². The standard InChI is InChI=1S/C48H31N3/c1-50-48(49)35-13-8-12-31(26-35)33-21-25-43-44(28-33)39-15-5-4-14-38(39)42-18-9-17-37(47(42)43)34-22-24-41-40-16-6-7-19-45(40)51(46(41)29-34)36-23-20-30-10-2-3-11-32(30)27-36/h2-29,49H,1H2. The molecule has 0 aliphatic rings. The van der Waals surface area contributed by atoms with Gasteiger partial charge in [-0.15, -0.1) is 0 Å². The van der Waals surface area contributed by atoms with Gasteiger partial charge in [-0.25, -0.2) is 4.99 Å². The summed E-state index contributed by atoms with van der Waals surface area (Å²) in [5, 5.41) is 20.5. The summed E-state index contributed by atoms with van der Waals surface area (Å²) in [5.41, 5.74) is 8.84. The maximum Gasteiger partial charge on any atom is 0.151 e. The fraction of sp³-hybridized carbons (Fsp3) is 0. The molecule has 0 bridgehead atoms. The first kappa shape index (κ1) is 29.1. The largest absolute Gasteiger partial charge is 0.309 e. The third-order valence-electron chi connectivity index (χ3n) is 10.5. The lowest BCUT2D eigenvalue weighted by Crippen LogP contribution is -1.94. The number of nitrogens with one attached hydrogen (secondary N) is 1. The Bertz CT molecular complexity index is 3070. The van der Waals surface area contributed by atoms with Crippen LogP contribution in [0.4, 0.5) is 0 Å². The van der Waals surface area contributed by atoms with Gasteiger partial charge in [0.25, 0.3) is 0 Å². The number of benzene rings is 9. The average Bonchev–Trinajstić information content (AvgIpc) is 3.53. The second-order valence-electron chi connectivity index (χ2n) is 13.2. The van der Waals surface area contributed by atoms with Crippen LogP contribution in [0.1, 0.15) is 5.56 Å². The van der Waals surface area contributed by atoms with E-state index in [1.165, 1.54) is 76.0 Å². The summed E-state index contributed by atoms with van der Waals surface area (Å²) >= 11 is 0. The van der Waals surface area contributed by atoms with E-state index in [0.29, 0.717) is 0 Å². The van der Waals surface area contributed by atoms with Crippen molar-refractivity contribution in [2.75, 3.05) is 0 Å². The number of rotatable bonds is 4. The first-order chi connectivity index (χ1) is 25.2. The van der Waals surface area contributed by atoms with E-state index in [-0.39, 0.29) is 5.84 Å². The van der Waals surface area contributed by atoms with E-state index in [0.717, 1.165) is 22.4 Å². The van der Waals surface area contributed by atoms with Gasteiger partial charge < -0.3 is 4.57 Å². The number of hydrogen-bond acceptors (Lipinski definition) is 1. The molecule has 0 spiro atoms. The molecule has 0 unspecified atom stereocenters. The minimum absolute atomic E-state index is 0.176. The summed E-state index contributed by atoms with van der Waals surface area (Å²) in [4.78, 5) is 3.85. The van der Waals surface area contributed by atoms with Crippen molar-refractivity contribution in [3.8, 4) is 27.9 Å². The molecule has 9 aromatic carbocycles. The SMILES string of the molecule is C=NC(=N)c1cccc(-c2ccc3c(c2)c2ccccc2c2cccc(-c4ccc5c6ccccc6n(-c6ccc7ccccc7c6)c5c4)c23)c1. The van der Waals surface area contributed by atoms with Gasteiger partial charge in [0.05, 0.1) is 11.0 Å². The van der Waals surface area contributed by atoms with Gasteiger partial charge in [0.15, 0.2) is 5.84 Å². The molecule has 3 nitrogen and oxygen atoms in total. The average molecular weight is 650 g/mol.